The van der Waals surface area contributed by atoms with Gasteiger partial charge in [-0.15, -0.1) is 0 Å². The van der Waals surface area contributed by atoms with Crippen molar-refractivity contribution in [3.05, 3.63) is 35.9 Å². The number of amides is 1. The first-order valence-corrected chi connectivity index (χ1v) is 8.14. The number of carbonyl (C=O) groups is 1. The Labute approximate surface area is 128 Å². The van der Waals surface area contributed by atoms with Gasteiger partial charge in [-0.3, -0.25) is 4.79 Å². The molecule has 1 aliphatic carbocycles. The van der Waals surface area contributed by atoms with Crippen LogP contribution >= 0.6 is 0 Å². The van der Waals surface area contributed by atoms with Gasteiger partial charge in [-0.25, -0.2) is 0 Å². The molecule has 21 heavy (non-hydrogen) atoms. The van der Waals surface area contributed by atoms with Crippen LogP contribution in [-0.2, 0) is 4.79 Å². The van der Waals surface area contributed by atoms with E-state index in [0.717, 1.165) is 30.7 Å². The van der Waals surface area contributed by atoms with Crippen LogP contribution in [0.4, 0.5) is 0 Å². The predicted molar refractivity (Wildman–Crippen MR) is 86.8 cm³/mol. The Morgan fingerprint density at radius 1 is 1.24 bits per heavy atom. The second-order valence-corrected chi connectivity index (χ2v) is 6.47. The lowest BCUT2D eigenvalue weighted by Gasteiger charge is -2.33. The molecule has 0 aromatic heterocycles. The Hall–Kier alpha value is -1.35. The fourth-order valence-electron chi connectivity index (χ4n) is 3.16. The van der Waals surface area contributed by atoms with Crippen LogP contribution in [0.5, 0.6) is 0 Å². The summed E-state index contributed by atoms with van der Waals surface area (Å²) >= 11 is 0. The van der Waals surface area contributed by atoms with Crippen LogP contribution in [0.1, 0.15) is 57.1 Å². The highest BCUT2D eigenvalue weighted by molar-refractivity contribution is 5.76. The third-order valence-corrected chi connectivity index (χ3v) is 4.82. The van der Waals surface area contributed by atoms with Gasteiger partial charge in [0.15, 0.2) is 0 Å². The molecule has 0 radical (unpaired) electrons. The SMILES string of the molecule is CC1CCC(N(C)C(=O)CCC(N)c2ccccc2)CC1. The molecular formula is C18H28N2O. The van der Waals surface area contributed by atoms with Gasteiger partial charge in [0.25, 0.3) is 0 Å². The minimum atomic E-state index is -0.0464. The largest absolute Gasteiger partial charge is 0.343 e. The smallest absolute Gasteiger partial charge is 0.222 e. The third-order valence-electron chi connectivity index (χ3n) is 4.82. The summed E-state index contributed by atoms with van der Waals surface area (Å²) in [5, 5.41) is 0. The Morgan fingerprint density at radius 3 is 2.48 bits per heavy atom. The number of nitrogens with two attached hydrogens (primary N) is 1. The number of nitrogens with zero attached hydrogens (tertiary/aromatic N) is 1. The fourth-order valence-corrected chi connectivity index (χ4v) is 3.16. The van der Waals surface area contributed by atoms with E-state index in [1.807, 2.05) is 42.3 Å². The first-order chi connectivity index (χ1) is 10.1. The van der Waals surface area contributed by atoms with Crippen molar-refractivity contribution >= 4 is 5.91 Å². The first-order valence-electron chi connectivity index (χ1n) is 8.14. The molecule has 1 fully saturated rings. The van der Waals surface area contributed by atoms with Gasteiger partial charge >= 0.3 is 0 Å². The topological polar surface area (TPSA) is 46.3 Å². The van der Waals surface area contributed by atoms with Gasteiger partial charge in [-0.1, -0.05) is 37.3 Å². The van der Waals surface area contributed by atoms with Crippen LogP contribution in [0.3, 0.4) is 0 Å². The van der Waals surface area contributed by atoms with Gasteiger partial charge in [-0.2, -0.15) is 0 Å². The summed E-state index contributed by atoms with van der Waals surface area (Å²) in [7, 11) is 1.96. The van der Waals surface area contributed by atoms with Crippen LogP contribution in [0.2, 0.25) is 0 Å². The highest BCUT2D eigenvalue weighted by Crippen LogP contribution is 2.27. The first kappa shape index (κ1) is 16.0. The van der Waals surface area contributed by atoms with Crippen molar-refractivity contribution in [3.8, 4) is 0 Å². The molecule has 0 aliphatic heterocycles. The minimum Gasteiger partial charge on any atom is -0.343 e. The average molecular weight is 288 g/mol. The van der Waals surface area contributed by atoms with Gasteiger partial charge < -0.3 is 10.6 Å². The zero-order valence-corrected chi connectivity index (χ0v) is 13.3. The molecular weight excluding hydrogens is 260 g/mol. The van der Waals surface area contributed by atoms with Crippen LogP contribution in [0, 0.1) is 5.92 Å². The molecule has 0 spiro atoms. The van der Waals surface area contributed by atoms with Gasteiger partial charge in [-0.05, 0) is 43.6 Å². The molecule has 1 aromatic rings. The van der Waals surface area contributed by atoms with E-state index in [-0.39, 0.29) is 11.9 Å². The van der Waals surface area contributed by atoms with Gasteiger partial charge in [0.05, 0.1) is 0 Å². The molecule has 2 rings (SSSR count). The fraction of sp³-hybridized carbons (Fsp3) is 0.611. The monoisotopic (exact) mass is 288 g/mol. The maximum atomic E-state index is 12.3. The quantitative estimate of drug-likeness (QED) is 0.901. The molecule has 0 saturated heterocycles. The molecule has 1 atom stereocenters. The van der Waals surface area contributed by atoms with Crippen molar-refractivity contribution in [1.82, 2.24) is 4.90 Å². The number of benzene rings is 1. The molecule has 1 amide bonds. The van der Waals surface area contributed by atoms with Gasteiger partial charge in [0, 0.05) is 25.6 Å². The maximum absolute atomic E-state index is 12.3. The zero-order valence-electron chi connectivity index (χ0n) is 13.3. The molecule has 1 aliphatic rings. The lowest BCUT2D eigenvalue weighted by Crippen LogP contribution is -2.39. The number of rotatable bonds is 5. The van der Waals surface area contributed by atoms with E-state index >= 15 is 0 Å². The van der Waals surface area contributed by atoms with E-state index in [4.69, 9.17) is 5.73 Å². The summed E-state index contributed by atoms with van der Waals surface area (Å²) < 4.78 is 0. The van der Waals surface area contributed by atoms with E-state index in [9.17, 15) is 4.79 Å². The van der Waals surface area contributed by atoms with Gasteiger partial charge in [0.2, 0.25) is 5.91 Å². The average Bonchev–Trinajstić information content (AvgIpc) is 2.53. The number of hydrogen-bond acceptors (Lipinski definition) is 2. The summed E-state index contributed by atoms with van der Waals surface area (Å²) in [4.78, 5) is 14.3. The summed E-state index contributed by atoms with van der Waals surface area (Å²) in [5.41, 5.74) is 7.28. The van der Waals surface area contributed by atoms with Crippen LogP contribution in [-0.4, -0.2) is 23.9 Å². The van der Waals surface area contributed by atoms with Crippen molar-refractivity contribution < 1.29 is 4.79 Å². The lowest BCUT2D eigenvalue weighted by atomic mass is 9.86. The molecule has 1 unspecified atom stereocenters. The number of carbonyl (C=O) groups excluding carboxylic acids is 1. The van der Waals surface area contributed by atoms with Crippen molar-refractivity contribution in [2.24, 2.45) is 11.7 Å². The summed E-state index contributed by atoms with van der Waals surface area (Å²) in [6.07, 6.45) is 6.04. The van der Waals surface area contributed by atoms with E-state index in [1.165, 1.54) is 12.8 Å². The lowest BCUT2D eigenvalue weighted by molar-refractivity contribution is -0.132. The number of hydrogen-bond donors (Lipinski definition) is 1. The Bertz CT molecular complexity index is 438. The van der Waals surface area contributed by atoms with Crippen molar-refractivity contribution in [2.45, 2.75) is 57.5 Å². The minimum absolute atomic E-state index is 0.0464. The van der Waals surface area contributed by atoms with Crippen LogP contribution in [0.15, 0.2) is 30.3 Å². The summed E-state index contributed by atoms with van der Waals surface area (Å²) in [6.45, 7) is 2.30. The van der Waals surface area contributed by atoms with Crippen molar-refractivity contribution in [3.63, 3.8) is 0 Å². The van der Waals surface area contributed by atoms with E-state index < -0.39 is 0 Å². The predicted octanol–water partition coefficient (Wildman–Crippen LogP) is 3.50. The van der Waals surface area contributed by atoms with E-state index in [2.05, 4.69) is 6.92 Å². The standard InChI is InChI=1S/C18H28N2O/c1-14-8-10-16(11-9-14)20(2)18(21)13-12-17(19)15-6-4-3-5-7-15/h3-7,14,16-17H,8-13,19H2,1-2H3. The van der Waals surface area contributed by atoms with Gasteiger partial charge in [0.1, 0.15) is 0 Å². The highest BCUT2D eigenvalue weighted by Gasteiger charge is 2.24. The molecule has 3 nitrogen and oxygen atoms in total. The highest BCUT2D eigenvalue weighted by atomic mass is 16.2. The maximum Gasteiger partial charge on any atom is 0.222 e. The summed E-state index contributed by atoms with van der Waals surface area (Å²) in [6, 6.07) is 10.4. The second-order valence-electron chi connectivity index (χ2n) is 6.47. The molecule has 116 valence electrons. The molecule has 1 saturated carbocycles. The Balaban J connectivity index is 1.78. The molecule has 0 heterocycles. The molecule has 0 bridgehead atoms. The van der Waals surface area contributed by atoms with Crippen LogP contribution in [0.25, 0.3) is 0 Å². The normalized spacial score (nSPS) is 23.6. The zero-order chi connectivity index (χ0) is 15.2. The van der Waals surface area contributed by atoms with Crippen molar-refractivity contribution in [1.29, 1.82) is 0 Å². The Morgan fingerprint density at radius 2 is 1.86 bits per heavy atom. The second kappa shape index (κ2) is 7.60. The Kier molecular flexibility index (Phi) is 5.80. The molecule has 2 N–H and O–H groups in total. The van der Waals surface area contributed by atoms with Crippen molar-refractivity contribution in [2.75, 3.05) is 7.05 Å². The molecule has 3 heteroatoms. The van der Waals surface area contributed by atoms with E-state index in [1.54, 1.807) is 0 Å². The van der Waals surface area contributed by atoms with Crippen LogP contribution < -0.4 is 5.73 Å². The summed E-state index contributed by atoms with van der Waals surface area (Å²) in [5.74, 6) is 1.05. The third kappa shape index (κ3) is 4.57. The van der Waals surface area contributed by atoms with E-state index in [0.29, 0.717) is 12.5 Å². The molecule has 1 aromatic carbocycles.